The topological polar surface area (TPSA) is 38.5 Å². The fourth-order valence-electron chi connectivity index (χ4n) is 1.96. The van der Waals surface area contributed by atoms with Crippen LogP contribution in [0.1, 0.15) is 19.4 Å². The number of ether oxygens (including phenoxy) is 1. The maximum atomic E-state index is 6.17. The lowest BCUT2D eigenvalue weighted by atomic mass is 10.1. The van der Waals surface area contributed by atoms with Gasteiger partial charge in [0.1, 0.15) is 0 Å². The number of hydrogen-bond acceptors (Lipinski definition) is 3. The van der Waals surface area contributed by atoms with Crippen molar-refractivity contribution in [3.05, 3.63) is 28.8 Å². The van der Waals surface area contributed by atoms with Crippen LogP contribution >= 0.6 is 11.6 Å². The van der Waals surface area contributed by atoms with Gasteiger partial charge in [-0.05, 0) is 31.5 Å². The van der Waals surface area contributed by atoms with Crippen LogP contribution in [0.4, 0.5) is 5.69 Å². The number of methoxy groups -OCH3 is 1. The molecule has 0 radical (unpaired) electrons. The van der Waals surface area contributed by atoms with Gasteiger partial charge in [0.05, 0.1) is 6.61 Å². The SMILES string of the molecule is CCN(c1ccc(CN)c(Cl)c1)C(C)COC. The van der Waals surface area contributed by atoms with Crippen LogP contribution in [0.15, 0.2) is 18.2 Å². The van der Waals surface area contributed by atoms with E-state index in [1.807, 2.05) is 12.1 Å². The second kappa shape index (κ2) is 6.84. The van der Waals surface area contributed by atoms with Crippen LogP contribution < -0.4 is 10.6 Å². The summed E-state index contributed by atoms with van der Waals surface area (Å²) in [4.78, 5) is 2.26. The number of rotatable bonds is 6. The molecule has 1 aromatic carbocycles. The maximum Gasteiger partial charge on any atom is 0.0663 e. The van der Waals surface area contributed by atoms with Gasteiger partial charge in [-0.1, -0.05) is 17.7 Å². The average Bonchev–Trinajstić information content (AvgIpc) is 2.30. The van der Waals surface area contributed by atoms with Gasteiger partial charge in [0.25, 0.3) is 0 Å². The van der Waals surface area contributed by atoms with Crippen molar-refractivity contribution in [3.8, 4) is 0 Å². The second-order valence-electron chi connectivity index (χ2n) is 4.07. The highest BCUT2D eigenvalue weighted by atomic mass is 35.5. The van der Waals surface area contributed by atoms with E-state index in [1.165, 1.54) is 0 Å². The second-order valence-corrected chi connectivity index (χ2v) is 4.48. The van der Waals surface area contributed by atoms with Gasteiger partial charge < -0.3 is 15.4 Å². The van der Waals surface area contributed by atoms with Crippen molar-refractivity contribution in [1.29, 1.82) is 0 Å². The standard InChI is InChI=1S/C13H21ClN2O/c1-4-16(10(2)9-17-3)12-6-5-11(8-15)13(14)7-12/h5-7,10H,4,8-9,15H2,1-3H3. The Labute approximate surface area is 109 Å². The molecule has 0 aromatic heterocycles. The van der Waals surface area contributed by atoms with Gasteiger partial charge >= 0.3 is 0 Å². The summed E-state index contributed by atoms with van der Waals surface area (Å²) >= 11 is 6.17. The fourth-order valence-corrected chi connectivity index (χ4v) is 2.21. The third-order valence-electron chi connectivity index (χ3n) is 2.87. The third kappa shape index (κ3) is 3.60. The molecule has 0 bridgehead atoms. The Balaban J connectivity index is 2.92. The molecular weight excluding hydrogens is 236 g/mol. The van der Waals surface area contributed by atoms with Gasteiger partial charge in [-0.2, -0.15) is 0 Å². The van der Waals surface area contributed by atoms with E-state index < -0.39 is 0 Å². The molecule has 3 nitrogen and oxygen atoms in total. The molecule has 1 rings (SSSR count). The van der Waals surface area contributed by atoms with Gasteiger partial charge in [0.2, 0.25) is 0 Å². The van der Waals surface area contributed by atoms with Crippen molar-refractivity contribution in [3.63, 3.8) is 0 Å². The van der Waals surface area contributed by atoms with E-state index in [0.717, 1.165) is 22.8 Å². The van der Waals surface area contributed by atoms with Crippen LogP contribution in [-0.4, -0.2) is 26.3 Å². The Morgan fingerprint density at radius 2 is 2.18 bits per heavy atom. The average molecular weight is 257 g/mol. The van der Waals surface area contributed by atoms with Crippen LogP contribution in [0.25, 0.3) is 0 Å². The molecule has 0 aliphatic carbocycles. The lowest BCUT2D eigenvalue weighted by Gasteiger charge is -2.30. The molecule has 0 amide bonds. The van der Waals surface area contributed by atoms with Crippen LogP contribution in [0.5, 0.6) is 0 Å². The first-order chi connectivity index (χ1) is 8.13. The molecule has 4 heteroatoms. The molecule has 0 heterocycles. The van der Waals surface area contributed by atoms with E-state index >= 15 is 0 Å². The quantitative estimate of drug-likeness (QED) is 0.851. The Morgan fingerprint density at radius 1 is 1.47 bits per heavy atom. The van der Waals surface area contributed by atoms with E-state index in [9.17, 15) is 0 Å². The van der Waals surface area contributed by atoms with Crippen molar-refractivity contribution in [2.75, 3.05) is 25.2 Å². The summed E-state index contributed by atoms with van der Waals surface area (Å²) in [5.74, 6) is 0. The van der Waals surface area contributed by atoms with Gasteiger partial charge in [-0.25, -0.2) is 0 Å². The van der Waals surface area contributed by atoms with E-state index in [-0.39, 0.29) is 0 Å². The summed E-state index contributed by atoms with van der Waals surface area (Å²) in [5, 5.41) is 0.730. The van der Waals surface area contributed by atoms with Gasteiger partial charge in [-0.15, -0.1) is 0 Å². The van der Waals surface area contributed by atoms with Crippen molar-refractivity contribution in [2.24, 2.45) is 5.73 Å². The van der Waals surface area contributed by atoms with Crippen LogP contribution in [-0.2, 0) is 11.3 Å². The molecule has 0 spiro atoms. The zero-order valence-corrected chi connectivity index (χ0v) is 11.5. The smallest absolute Gasteiger partial charge is 0.0663 e. The Kier molecular flexibility index (Phi) is 5.75. The molecule has 0 aliphatic heterocycles. The Hall–Kier alpha value is -0.770. The summed E-state index contributed by atoms with van der Waals surface area (Å²) in [6.45, 7) is 6.35. The number of halogens is 1. The normalized spacial score (nSPS) is 12.5. The molecule has 2 N–H and O–H groups in total. The van der Waals surface area contributed by atoms with Crippen molar-refractivity contribution in [2.45, 2.75) is 26.4 Å². The minimum absolute atomic E-state index is 0.324. The number of benzene rings is 1. The molecule has 0 saturated carbocycles. The molecule has 96 valence electrons. The lowest BCUT2D eigenvalue weighted by Crippen LogP contribution is -2.36. The van der Waals surface area contributed by atoms with Gasteiger partial charge in [0, 0.05) is 37.0 Å². The Bertz CT molecular complexity index is 357. The first-order valence-corrected chi connectivity index (χ1v) is 6.25. The Morgan fingerprint density at radius 3 is 2.65 bits per heavy atom. The zero-order chi connectivity index (χ0) is 12.8. The summed E-state index contributed by atoms with van der Waals surface area (Å²) in [6.07, 6.45) is 0. The number of hydrogen-bond donors (Lipinski definition) is 1. The summed E-state index contributed by atoms with van der Waals surface area (Å²) in [5.41, 5.74) is 7.69. The molecule has 1 aromatic rings. The highest BCUT2D eigenvalue weighted by Gasteiger charge is 2.13. The van der Waals surface area contributed by atoms with Gasteiger partial charge in [-0.3, -0.25) is 0 Å². The highest BCUT2D eigenvalue weighted by Crippen LogP contribution is 2.24. The molecular formula is C13H21ClN2O. The molecule has 1 unspecified atom stereocenters. The lowest BCUT2D eigenvalue weighted by molar-refractivity contribution is 0.182. The van der Waals surface area contributed by atoms with E-state index in [4.69, 9.17) is 22.1 Å². The number of nitrogens with zero attached hydrogens (tertiary/aromatic N) is 1. The fraction of sp³-hybridized carbons (Fsp3) is 0.538. The van der Waals surface area contributed by atoms with E-state index in [2.05, 4.69) is 24.8 Å². The number of anilines is 1. The van der Waals surface area contributed by atoms with Crippen LogP contribution in [0, 0.1) is 0 Å². The zero-order valence-electron chi connectivity index (χ0n) is 10.7. The minimum atomic E-state index is 0.324. The van der Waals surface area contributed by atoms with E-state index in [1.54, 1.807) is 7.11 Å². The first kappa shape index (κ1) is 14.3. The van der Waals surface area contributed by atoms with Crippen molar-refractivity contribution < 1.29 is 4.74 Å². The van der Waals surface area contributed by atoms with Crippen molar-refractivity contribution in [1.82, 2.24) is 0 Å². The summed E-state index contributed by atoms with van der Waals surface area (Å²) in [6, 6.07) is 6.34. The highest BCUT2D eigenvalue weighted by molar-refractivity contribution is 6.31. The van der Waals surface area contributed by atoms with E-state index in [0.29, 0.717) is 19.2 Å². The molecule has 17 heavy (non-hydrogen) atoms. The summed E-state index contributed by atoms with van der Waals surface area (Å²) in [7, 11) is 1.72. The van der Waals surface area contributed by atoms with Crippen LogP contribution in [0.3, 0.4) is 0 Å². The molecule has 0 saturated heterocycles. The monoisotopic (exact) mass is 256 g/mol. The third-order valence-corrected chi connectivity index (χ3v) is 3.22. The van der Waals surface area contributed by atoms with Gasteiger partial charge in [0.15, 0.2) is 0 Å². The molecule has 0 fully saturated rings. The predicted octanol–water partition coefficient (Wildman–Crippen LogP) is 2.66. The number of nitrogens with two attached hydrogens (primary N) is 1. The predicted molar refractivity (Wildman–Crippen MR) is 73.7 cm³/mol. The molecule has 1 atom stereocenters. The summed E-state index contributed by atoms with van der Waals surface area (Å²) < 4.78 is 5.19. The van der Waals surface area contributed by atoms with Crippen LogP contribution in [0.2, 0.25) is 5.02 Å². The maximum absolute atomic E-state index is 6.17. The molecule has 0 aliphatic rings. The number of likely N-dealkylation sites (N-methyl/N-ethyl adjacent to an activating group) is 1. The first-order valence-electron chi connectivity index (χ1n) is 5.88. The minimum Gasteiger partial charge on any atom is -0.383 e. The van der Waals surface area contributed by atoms with Crippen molar-refractivity contribution >= 4 is 17.3 Å². The largest absolute Gasteiger partial charge is 0.383 e.